The number of halogens is 1. The first kappa shape index (κ1) is 12.4. The Morgan fingerprint density at radius 1 is 0.850 bits per heavy atom. The van der Waals surface area contributed by atoms with Crippen molar-refractivity contribution in [3.8, 4) is 11.1 Å². The quantitative estimate of drug-likeness (QED) is 0.442. The van der Waals surface area contributed by atoms with Crippen LogP contribution in [0.2, 0.25) is 0 Å². The SMILES string of the molecule is CC1(C)c2cc(I)ccc2-c2c1ccc1ccccc21. The zero-order valence-electron chi connectivity index (χ0n) is 11.6. The van der Waals surface area contributed by atoms with Crippen LogP contribution in [0.15, 0.2) is 54.6 Å². The van der Waals surface area contributed by atoms with Gasteiger partial charge in [-0.2, -0.15) is 0 Å². The van der Waals surface area contributed by atoms with Gasteiger partial charge in [-0.25, -0.2) is 0 Å². The van der Waals surface area contributed by atoms with Crippen LogP contribution in [-0.4, -0.2) is 0 Å². The molecular formula is C19H15I. The fourth-order valence-corrected chi connectivity index (χ4v) is 3.97. The Morgan fingerprint density at radius 3 is 2.50 bits per heavy atom. The summed E-state index contributed by atoms with van der Waals surface area (Å²) in [6.45, 7) is 4.67. The molecule has 0 atom stereocenters. The number of hydrogen-bond donors (Lipinski definition) is 0. The zero-order valence-corrected chi connectivity index (χ0v) is 13.7. The Hall–Kier alpha value is -1.35. The van der Waals surface area contributed by atoms with Gasteiger partial charge in [0.1, 0.15) is 0 Å². The maximum atomic E-state index is 2.41. The van der Waals surface area contributed by atoms with Gasteiger partial charge in [0.15, 0.2) is 0 Å². The van der Waals surface area contributed by atoms with Crippen molar-refractivity contribution in [1.82, 2.24) is 0 Å². The molecule has 0 unspecified atom stereocenters. The highest BCUT2D eigenvalue weighted by Crippen LogP contribution is 2.51. The minimum absolute atomic E-state index is 0.0931. The van der Waals surface area contributed by atoms with E-state index >= 15 is 0 Å². The van der Waals surface area contributed by atoms with Gasteiger partial charge in [0.05, 0.1) is 0 Å². The van der Waals surface area contributed by atoms with E-state index < -0.39 is 0 Å². The normalized spacial score (nSPS) is 15.2. The summed E-state index contributed by atoms with van der Waals surface area (Å²) >= 11 is 2.41. The Kier molecular flexibility index (Phi) is 2.53. The maximum Gasteiger partial charge on any atom is 0.0159 e. The molecule has 98 valence electrons. The molecule has 0 saturated heterocycles. The third-order valence-electron chi connectivity index (χ3n) is 4.53. The van der Waals surface area contributed by atoms with Crippen LogP contribution in [0.4, 0.5) is 0 Å². The van der Waals surface area contributed by atoms with Crippen molar-refractivity contribution in [3.63, 3.8) is 0 Å². The lowest BCUT2D eigenvalue weighted by Gasteiger charge is -2.21. The second-order valence-corrected chi connectivity index (χ2v) is 7.27. The number of rotatable bonds is 0. The first-order chi connectivity index (χ1) is 9.59. The molecular weight excluding hydrogens is 355 g/mol. The lowest BCUT2D eigenvalue weighted by atomic mass is 9.82. The Morgan fingerprint density at radius 2 is 1.65 bits per heavy atom. The lowest BCUT2D eigenvalue weighted by molar-refractivity contribution is 0.660. The molecule has 0 amide bonds. The molecule has 20 heavy (non-hydrogen) atoms. The summed E-state index contributed by atoms with van der Waals surface area (Å²) in [4.78, 5) is 0. The van der Waals surface area contributed by atoms with Gasteiger partial charge in [-0.15, -0.1) is 0 Å². The molecule has 0 heterocycles. The Bertz CT molecular complexity index is 844. The van der Waals surface area contributed by atoms with Crippen molar-refractivity contribution >= 4 is 33.4 Å². The van der Waals surface area contributed by atoms with Gasteiger partial charge in [0, 0.05) is 8.99 Å². The van der Waals surface area contributed by atoms with Gasteiger partial charge in [-0.05, 0) is 67.7 Å². The zero-order chi connectivity index (χ0) is 13.9. The Labute approximate surface area is 133 Å². The Balaban J connectivity index is 2.20. The predicted molar refractivity (Wildman–Crippen MR) is 94.2 cm³/mol. The largest absolute Gasteiger partial charge is 0.0616 e. The van der Waals surface area contributed by atoms with Crippen molar-refractivity contribution in [2.75, 3.05) is 0 Å². The molecule has 0 radical (unpaired) electrons. The van der Waals surface area contributed by atoms with E-state index in [-0.39, 0.29) is 5.41 Å². The van der Waals surface area contributed by atoms with E-state index in [1.165, 1.54) is 36.6 Å². The number of benzene rings is 3. The van der Waals surface area contributed by atoms with E-state index in [2.05, 4.69) is 91.0 Å². The molecule has 0 bridgehead atoms. The third-order valence-corrected chi connectivity index (χ3v) is 5.20. The van der Waals surface area contributed by atoms with Gasteiger partial charge in [-0.1, -0.05) is 56.3 Å². The highest BCUT2D eigenvalue weighted by atomic mass is 127. The minimum Gasteiger partial charge on any atom is -0.0616 e. The first-order valence-corrected chi connectivity index (χ1v) is 7.99. The average molecular weight is 370 g/mol. The summed E-state index contributed by atoms with van der Waals surface area (Å²) < 4.78 is 1.31. The lowest BCUT2D eigenvalue weighted by Crippen LogP contribution is -2.15. The third kappa shape index (κ3) is 1.53. The fourth-order valence-electron chi connectivity index (χ4n) is 3.48. The highest BCUT2D eigenvalue weighted by Gasteiger charge is 2.36. The highest BCUT2D eigenvalue weighted by molar-refractivity contribution is 14.1. The average Bonchev–Trinajstić information content (AvgIpc) is 2.68. The standard InChI is InChI=1S/C19H15I/c1-19(2)16-10-7-12-5-3-4-6-14(12)18(16)15-9-8-13(20)11-17(15)19/h3-11H,1-2H3. The van der Waals surface area contributed by atoms with Crippen LogP contribution in [0, 0.1) is 3.57 Å². The van der Waals surface area contributed by atoms with Crippen molar-refractivity contribution in [2.45, 2.75) is 19.3 Å². The van der Waals surface area contributed by atoms with Crippen molar-refractivity contribution in [1.29, 1.82) is 0 Å². The monoisotopic (exact) mass is 370 g/mol. The maximum absolute atomic E-state index is 2.41. The van der Waals surface area contributed by atoms with Crippen molar-refractivity contribution < 1.29 is 0 Å². The molecule has 1 aliphatic carbocycles. The molecule has 0 aliphatic heterocycles. The van der Waals surface area contributed by atoms with Crippen LogP contribution in [0.5, 0.6) is 0 Å². The van der Waals surface area contributed by atoms with Crippen LogP contribution < -0.4 is 0 Å². The molecule has 0 aromatic heterocycles. The second-order valence-electron chi connectivity index (χ2n) is 6.02. The molecule has 1 aliphatic rings. The van der Waals surface area contributed by atoms with E-state index in [1.54, 1.807) is 0 Å². The van der Waals surface area contributed by atoms with Crippen LogP contribution in [0.25, 0.3) is 21.9 Å². The predicted octanol–water partition coefficient (Wildman–Crippen LogP) is 5.75. The molecule has 0 spiro atoms. The molecule has 0 saturated carbocycles. The molecule has 0 fully saturated rings. The fraction of sp³-hybridized carbons (Fsp3) is 0.158. The summed E-state index contributed by atoms with van der Waals surface area (Å²) in [7, 11) is 0. The summed E-state index contributed by atoms with van der Waals surface area (Å²) in [6.07, 6.45) is 0. The van der Waals surface area contributed by atoms with Gasteiger partial charge < -0.3 is 0 Å². The van der Waals surface area contributed by atoms with E-state index in [1.807, 2.05) is 0 Å². The molecule has 4 rings (SSSR count). The van der Waals surface area contributed by atoms with Crippen LogP contribution in [0.1, 0.15) is 25.0 Å². The molecule has 3 aromatic carbocycles. The number of hydrogen-bond acceptors (Lipinski definition) is 0. The summed E-state index contributed by atoms with van der Waals surface area (Å²) in [5, 5.41) is 2.70. The van der Waals surface area contributed by atoms with Gasteiger partial charge >= 0.3 is 0 Å². The molecule has 1 heteroatoms. The van der Waals surface area contributed by atoms with Crippen molar-refractivity contribution in [3.05, 3.63) is 69.3 Å². The van der Waals surface area contributed by atoms with Gasteiger partial charge in [0.25, 0.3) is 0 Å². The van der Waals surface area contributed by atoms with Crippen LogP contribution in [0.3, 0.4) is 0 Å². The second kappa shape index (κ2) is 4.08. The minimum atomic E-state index is 0.0931. The summed E-state index contributed by atoms with van der Waals surface area (Å²) in [6, 6.07) is 20.1. The van der Waals surface area contributed by atoms with Crippen LogP contribution >= 0.6 is 22.6 Å². The topological polar surface area (TPSA) is 0 Å². The van der Waals surface area contributed by atoms with E-state index in [4.69, 9.17) is 0 Å². The molecule has 0 N–H and O–H groups in total. The van der Waals surface area contributed by atoms with Gasteiger partial charge in [-0.3, -0.25) is 0 Å². The summed E-state index contributed by atoms with van der Waals surface area (Å²) in [5.74, 6) is 0. The first-order valence-electron chi connectivity index (χ1n) is 6.92. The van der Waals surface area contributed by atoms with E-state index in [9.17, 15) is 0 Å². The molecule has 0 nitrogen and oxygen atoms in total. The van der Waals surface area contributed by atoms with E-state index in [0.29, 0.717) is 0 Å². The number of fused-ring (bicyclic) bond motifs is 5. The smallest absolute Gasteiger partial charge is 0.0159 e. The van der Waals surface area contributed by atoms with Crippen LogP contribution in [-0.2, 0) is 5.41 Å². The van der Waals surface area contributed by atoms with Crippen molar-refractivity contribution in [2.24, 2.45) is 0 Å². The summed E-state index contributed by atoms with van der Waals surface area (Å²) in [5.41, 5.74) is 5.83. The van der Waals surface area contributed by atoms with E-state index in [0.717, 1.165) is 0 Å². The van der Waals surface area contributed by atoms with Gasteiger partial charge in [0.2, 0.25) is 0 Å². The molecule has 3 aromatic rings.